The molecule has 1 aromatic heterocycles. The number of nitrogens with zero attached hydrogens (tertiary/aromatic N) is 3. The van der Waals surface area contributed by atoms with Crippen LogP contribution >= 0.6 is 7.75 Å². The number of methoxy groups -OCH3 is 2. The first kappa shape index (κ1) is 74.9. The van der Waals surface area contributed by atoms with Crippen molar-refractivity contribution in [2.75, 3.05) is 92.6 Å². The Morgan fingerprint density at radius 3 is 1.66 bits per heavy atom. The number of amides is 1. The number of Topliss-reactive ketones (excluding diaryl/α,β-unsaturated/α-hetero) is 1. The van der Waals surface area contributed by atoms with Crippen molar-refractivity contribution < 1.29 is 99.2 Å². The Kier molecular flexibility index (Phi) is 28.8. The standard InChI is InChI=1S/C67H88N5O22P/c1-43(2)72(44(3)4)95(79,88-40-38-85-36-34-83-32-31-82-33-35-84-37-39-86-65-59(69-45(5)73)63(90-48(8)76)62(89-47(7)75)56(91-65)42-87-46(6)74)94-55-41-58(71-30-29-57(68)70-66(71)78)92-61(55)64(60(77)49-17-13-11-14-18-49)93-67(50-19-15-12-16-20-50,51-21-25-53(80-9)26-22-51)52-23-27-54(81-10)28-24-52/h11-30,43-44,55-56,58-59,61-65H,31-42H2,1-10H3,(H,69,73)(H2,68,70,78)/t55-,56+,58+,59+,61-,62-,63+,64?,65+,95?/m0/s1. The van der Waals surface area contributed by atoms with Gasteiger partial charge in [-0.05, 0) is 74.7 Å². The quantitative estimate of drug-likeness (QED) is 0.0103. The molecule has 3 N–H and O–H groups in total. The van der Waals surface area contributed by atoms with Gasteiger partial charge in [-0.25, -0.2) is 14.0 Å². The van der Waals surface area contributed by atoms with E-state index in [0.717, 1.165) is 13.8 Å². The lowest BCUT2D eigenvalue weighted by Crippen LogP contribution is -2.66. The third-order valence-corrected chi connectivity index (χ3v) is 17.7. The molecule has 4 aromatic carbocycles. The zero-order valence-electron chi connectivity index (χ0n) is 55.2. The smallest absolute Gasteiger partial charge is 0.409 e. The average Bonchev–Trinajstić information content (AvgIpc) is 0.975. The molecular weight excluding hydrogens is 1260 g/mol. The lowest BCUT2D eigenvalue weighted by molar-refractivity contribution is -0.279. The Hall–Kier alpha value is -7.50. The molecule has 10 atom stereocenters. The number of nitrogen functional groups attached to an aromatic ring is 1. The van der Waals surface area contributed by atoms with Crippen LogP contribution in [0.4, 0.5) is 5.82 Å². The number of hydrogen-bond donors (Lipinski definition) is 2. The Bertz CT molecular complexity index is 3290. The first-order valence-corrected chi connectivity index (χ1v) is 32.7. The maximum absolute atomic E-state index is 16.0. The van der Waals surface area contributed by atoms with Gasteiger partial charge < -0.3 is 72.6 Å². The van der Waals surface area contributed by atoms with Crippen molar-refractivity contribution in [3.05, 3.63) is 154 Å². The number of anilines is 1. The molecule has 2 aliphatic heterocycles. The van der Waals surface area contributed by atoms with Crippen LogP contribution in [0, 0.1) is 0 Å². The number of esters is 3. The van der Waals surface area contributed by atoms with Crippen LogP contribution in [0.25, 0.3) is 0 Å². The van der Waals surface area contributed by atoms with Crippen LogP contribution in [0.2, 0.25) is 0 Å². The monoisotopic (exact) mass is 1350 g/mol. The van der Waals surface area contributed by atoms with Crippen molar-refractivity contribution in [3.8, 4) is 11.5 Å². The number of hydrogen-bond acceptors (Lipinski definition) is 24. The molecule has 0 bridgehead atoms. The summed E-state index contributed by atoms with van der Waals surface area (Å²) in [6.45, 7) is 12.7. The van der Waals surface area contributed by atoms with Gasteiger partial charge in [0.25, 0.3) is 0 Å². The fourth-order valence-corrected chi connectivity index (χ4v) is 13.5. The molecule has 1 amide bonds. The van der Waals surface area contributed by atoms with Gasteiger partial charge in [0.2, 0.25) is 5.91 Å². The van der Waals surface area contributed by atoms with Crippen LogP contribution in [0.15, 0.2) is 126 Å². The minimum atomic E-state index is -4.44. The van der Waals surface area contributed by atoms with Gasteiger partial charge in [0.05, 0.1) is 80.3 Å². The van der Waals surface area contributed by atoms with Gasteiger partial charge in [-0.15, -0.1) is 0 Å². The fraction of sp³-hybridized carbons (Fsp3) is 0.507. The number of ketones is 1. The summed E-state index contributed by atoms with van der Waals surface area (Å²) in [4.78, 5) is 81.6. The summed E-state index contributed by atoms with van der Waals surface area (Å²) in [5.41, 5.74) is 5.77. The van der Waals surface area contributed by atoms with Crippen LogP contribution in [-0.4, -0.2) is 192 Å². The molecule has 28 heteroatoms. The highest BCUT2D eigenvalue weighted by atomic mass is 31.2. The fourth-order valence-electron chi connectivity index (χ4n) is 11.2. The van der Waals surface area contributed by atoms with E-state index >= 15 is 9.36 Å². The summed E-state index contributed by atoms with van der Waals surface area (Å²) in [6.07, 6.45) is -8.97. The Morgan fingerprint density at radius 1 is 0.663 bits per heavy atom. The van der Waals surface area contributed by atoms with E-state index in [4.69, 9.17) is 76.4 Å². The van der Waals surface area contributed by atoms with Gasteiger partial charge in [-0.3, -0.25) is 37.6 Å². The molecule has 95 heavy (non-hydrogen) atoms. The molecule has 7 rings (SSSR count). The van der Waals surface area contributed by atoms with E-state index in [1.807, 2.05) is 82.3 Å². The molecule has 2 saturated heterocycles. The summed E-state index contributed by atoms with van der Waals surface area (Å²) in [6, 6.07) is 32.1. The molecule has 518 valence electrons. The lowest BCUT2D eigenvalue weighted by atomic mass is 9.79. The number of carbonyl (C=O) groups excluding carboxylic acids is 5. The molecule has 0 aliphatic carbocycles. The summed E-state index contributed by atoms with van der Waals surface area (Å²) in [7, 11) is -1.31. The maximum atomic E-state index is 16.0. The topological polar surface area (TPSA) is 317 Å². The van der Waals surface area contributed by atoms with E-state index in [9.17, 15) is 24.0 Å². The molecular formula is C67H88N5O22P. The Balaban J connectivity index is 1.01. The zero-order valence-corrected chi connectivity index (χ0v) is 56.1. The van der Waals surface area contributed by atoms with Crippen LogP contribution in [-0.2, 0) is 90.5 Å². The Morgan fingerprint density at radius 2 is 1.17 bits per heavy atom. The van der Waals surface area contributed by atoms with E-state index < -0.39 is 116 Å². The number of rotatable bonds is 38. The number of nitrogens with one attached hydrogen (secondary N) is 1. The van der Waals surface area contributed by atoms with E-state index in [2.05, 4.69) is 10.3 Å². The van der Waals surface area contributed by atoms with Gasteiger partial charge in [-0.1, -0.05) is 84.9 Å². The molecule has 27 nitrogen and oxygen atoms in total. The number of benzene rings is 4. The number of carbonyl (C=O) groups is 5. The second kappa shape index (κ2) is 36.6. The molecule has 2 aliphatic rings. The predicted octanol–water partition coefficient (Wildman–Crippen LogP) is 6.76. The van der Waals surface area contributed by atoms with E-state index in [-0.39, 0.29) is 90.5 Å². The highest BCUT2D eigenvalue weighted by Crippen LogP contribution is 2.58. The predicted molar refractivity (Wildman–Crippen MR) is 343 cm³/mol. The largest absolute Gasteiger partial charge is 0.497 e. The molecule has 5 aromatic rings. The van der Waals surface area contributed by atoms with Gasteiger partial charge in [0.15, 0.2) is 30.4 Å². The molecule has 0 spiro atoms. The van der Waals surface area contributed by atoms with Crippen LogP contribution in [0.1, 0.15) is 95.1 Å². The third kappa shape index (κ3) is 20.8. The molecule has 0 radical (unpaired) electrons. The summed E-state index contributed by atoms with van der Waals surface area (Å²) in [5, 5.41) is 2.64. The van der Waals surface area contributed by atoms with Crippen molar-refractivity contribution in [3.63, 3.8) is 0 Å². The third-order valence-electron chi connectivity index (χ3n) is 15.2. The maximum Gasteiger partial charge on any atom is 0.409 e. The highest BCUT2D eigenvalue weighted by Gasteiger charge is 2.55. The average molecular weight is 1350 g/mol. The molecule has 2 fully saturated rings. The zero-order chi connectivity index (χ0) is 68.7. The number of ether oxygens (including phenoxy) is 13. The van der Waals surface area contributed by atoms with E-state index in [0.29, 0.717) is 28.2 Å². The van der Waals surface area contributed by atoms with Crippen LogP contribution < -0.4 is 26.2 Å². The van der Waals surface area contributed by atoms with Crippen LogP contribution in [0.3, 0.4) is 0 Å². The molecule has 0 saturated carbocycles. The van der Waals surface area contributed by atoms with Gasteiger partial charge in [0, 0.05) is 58.0 Å². The number of nitrogens with two attached hydrogens (primary N) is 1. The molecule has 2 unspecified atom stereocenters. The lowest BCUT2D eigenvalue weighted by Gasteiger charge is -2.44. The van der Waals surface area contributed by atoms with Gasteiger partial charge >= 0.3 is 31.3 Å². The second-order valence-electron chi connectivity index (χ2n) is 22.7. The first-order chi connectivity index (χ1) is 45.6. The SMILES string of the molecule is COc1ccc(C(OC(C(=O)c2ccccc2)[C@H]2O[C@@H](n3ccc(N)nc3=O)C[C@@H]2OP(=O)(OCCOCCOCCOCCOCCO[C@@H]2O[C@H](COC(C)=O)[C@H](OC(C)=O)[C@H](OC(C)=O)[C@H]2NC(C)=O)N(C(C)C)C(C)C)(c2ccccc2)c2ccc(OC)cc2)cc1. The Labute approximate surface area is 552 Å². The number of aromatic nitrogens is 2. The summed E-state index contributed by atoms with van der Waals surface area (Å²) in [5.74, 6) is -1.99. The van der Waals surface area contributed by atoms with Crippen molar-refractivity contribution in [2.24, 2.45) is 0 Å². The summed E-state index contributed by atoms with van der Waals surface area (Å²) >= 11 is 0. The van der Waals surface area contributed by atoms with Crippen LogP contribution in [0.5, 0.6) is 11.5 Å². The normalized spacial score (nSPS) is 20.6. The highest BCUT2D eigenvalue weighted by molar-refractivity contribution is 7.51. The van der Waals surface area contributed by atoms with Crippen molar-refractivity contribution >= 4 is 43.2 Å². The first-order valence-electron chi connectivity index (χ1n) is 31.3. The minimum Gasteiger partial charge on any atom is -0.497 e. The van der Waals surface area contributed by atoms with Crippen molar-refractivity contribution in [2.45, 2.75) is 135 Å². The van der Waals surface area contributed by atoms with Gasteiger partial charge in [0.1, 0.15) is 60.1 Å². The summed E-state index contributed by atoms with van der Waals surface area (Å²) < 4.78 is 109. The molecule has 3 heterocycles. The van der Waals surface area contributed by atoms with E-state index in [1.54, 1.807) is 73.5 Å². The van der Waals surface area contributed by atoms with Gasteiger partial charge in [-0.2, -0.15) is 4.98 Å². The van der Waals surface area contributed by atoms with Crippen molar-refractivity contribution in [1.29, 1.82) is 0 Å². The minimum absolute atomic E-state index is 0.0196. The van der Waals surface area contributed by atoms with E-state index in [1.165, 1.54) is 30.7 Å². The van der Waals surface area contributed by atoms with Crippen molar-refractivity contribution in [1.82, 2.24) is 19.5 Å². The second-order valence-corrected chi connectivity index (χ2v) is 24.5.